The van der Waals surface area contributed by atoms with Crippen molar-refractivity contribution in [2.45, 2.75) is 38.6 Å². The molecule has 0 spiro atoms. The number of hydrogen-bond donors (Lipinski definition) is 0. The molecule has 0 N–H and O–H groups in total. The number of piperidine rings is 1. The van der Waals surface area contributed by atoms with Crippen molar-refractivity contribution in [1.82, 2.24) is 9.88 Å². The summed E-state index contributed by atoms with van der Waals surface area (Å²) in [6, 6.07) is 8.25. The quantitative estimate of drug-likeness (QED) is 0.781. The maximum Gasteiger partial charge on any atom is 0.232 e. The van der Waals surface area contributed by atoms with Crippen LogP contribution in [0.5, 0.6) is 0 Å². The Balaban J connectivity index is 1.81. The topological polar surface area (TPSA) is 57.0 Å². The van der Waals surface area contributed by atoms with E-state index >= 15 is 0 Å². The molecule has 1 atom stereocenters. The summed E-state index contributed by atoms with van der Waals surface area (Å²) >= 11 is 1.38. The molecule has 5 heteroatoms. The molecule has 1 amide bonds. The lowest BCUT2D eigenvalue weighted by atomic mass is 10.0. The van der Waals surface area contributed by atoms with Gasteiger partial charge in [0.05, 0.1) is 16.8 Å². The first-order valence-corrected chi connectivity index (χ1v) is 9.69. The van der Waals surface area contributed by atoms with Crippen LogP contribution >= 0.6 is 11.8 Å². The minimum atomic E-state index is 0.141. The average molecular weight is 353 g/mol. The monoisotopic (exact) mass is 353 g/mol. The van der Waals surface area contributed by atoms with E-state index in [2.05, 4.69) is 24.0 Å². The van der Waals surface area contributed by atoms with E-state index in [0.29, 0.717) is 22.3 Å². The SMILES string of the molecule is Cc1cc(C)c2cc(C#N)c(SCC(=O)N3CCC[C@@H](C)C3)nc2c1. The largest absolute Gasteiger partial charge is 0.342 e. The van der Waals surface area contributed by atoms with Gasteiger partial charge < -0.3 is 4.90 Å². The summed E-state index contributed by atoms with van der Waals surface area (Å²) in [5.74, 6) is 1.05. The Morgan fingerprint density at radius 1 is 1.40 bits per heavy atom. The molecule has 3 rings (SSSR count). The summed E-state index contributed by atoms with van der Waals surface area (Å²) in [5.41, 5.74) is 3.70. The van der Waals surface area contributed by atoms with Crippen molar-refractivity contribution in [1.29, 1.82) is 5.26 Å². The van der Waals surface area contributed by atoms with Crippen molar-refractivity contribution in [3.8, 4) is 6.07 Å². The van der Waals surface area contributed by atoms with Gasteiger partial charge in [-0.15, -0.1) is 0 Å². The Kier molecular flexibility index (Phi) is 5.29. The second-order valence-corrected chi connectivity index (χ2v) is 7.94. The molecule has 0 unspecified atom stereocenters. The number of hydrogen-bond acceptors (Lipinski definition) is 4. The summed E-state index contributed by atoms with van der Waals surface area (Å²) in [6.07, 6.45) is 2.27. The minimum Gasteiger partial charge on any atom is -0.342 e. The number of carbonyl (C=O) groups excluding carboxylic acids is 1. The van der Waals surface area contributed by atoms with Crippen LogP contribution in [0.3, 0.4) is 0 Å². The maximum absolute atomic E-state index is 12.5. The molecule has 2 heterocycles. The maximum atomic E-state index is 12.5. The van der Waals surface area contributed by atoms with E-state index < -0.39 is 0 Å². The summed E-state index contributed by atoms with van der Waals surface area (Å²) in [5, 5.41) is 11.1. The number of nitrogens with zero attached hydrogens (tertiary/aromatic N) is 3. The number of rotatable bonds is 3. The van der Waals surface area contributed by atoms with Crippen LogP contribution in [0.15, 0.2) is 23.2 Å². The van der Waals surface area contributed by atoms with Crippen LogP contribution in [0.4, 0.5) is 0 Å². The standard InChI is InChI=1S/C20H23N3OS/c1-13-5-4-6-23(11-13)19(24)12-25-20-16(10-21)9-17-15(3)7-14(2)8-18(17)22-20/h7-9,13H,4-6,11-12H2,1-3H3/t13-/m1/s1. The van der Waals surface area contributed by atoms with Crippen LogP contribution < -0.4 is 0 Å². The van der Waals surface area contributed by atoms with Crippen LogP contribution in [0.25, 0.3) is 10.9 Å². The second kappa shape index (κ2) is 7.45. The van der Waals surface area contributed by atoms with Crippen molar-refractivity contribution < 1.29 is 4.79 Å². The number of benzene rings is 1. The summed E-state index contributed by atoms with van der Waals surface area (Å²) in [4.78, 5) is 19.1. The van der Waals surface area contributed by atoms with Crippen molar-refractivity contribution in [3.05, 3.63) is 34.9 Å². The Hall–Kier alpha value is -2.06. The molecule has 1 aromatic heterocycles. The summed E-state index contributed by atoms with van der Waals surface area (Å²) < 4.78 is 0. The third kappa shape index (κ3) is 3.96. The lowest BCUT2D eigenvalue weighted by molar-refractivity contribution is -0.130. The molecule has 2 aromatic rings. The molecule has 1 aromatic carbocycles. The van der Waals surface area contributed by atoms with E-state index in [1.165, 1.54) is 18.2 Å². The highest BCUT2D eigenvalue weighted by Crippen LogP contribution is 2.28. The van der Waals surface area contributed by atoms with E-state index in [9.17, 15) is 10.1 Å². The zero-order valence-electron chi connectivity index (χ0n) is 15.0. The predicted molar refractivity (Wildman–Crippen MR) is 102 cm³/mol. The van der Waals surface area contributed by atoms with Gasteiger partial charge in [-0.3, -0.25) is 4.79 Å². The normalized spacial score (nSPS) is 17.5. The average Bonchev–Trinajstić information content (AvgIpc) is 2.58. The fourth-order valence-corrected chi connectivity index (χ4v) is 4.31. The fourth-order valence-electron chi connectivity index (χ4n) is 3.44. The number of likely N-dealkylation sites (tertiary alicyclic amines) is 1. The van der Waals surface area contributed by atoms with Crippen molar-refractivity contribution in [3.63, 3.8) is 0 Å². The van der Waals surface area contributed by atoms with Crippen LogP contribution in [0.1, 0.15) is 36.5 Å². The van der Waals surface area contributed by atoms with Gasteiger partial charge in [0, 0.05) is 18.5 Å². The number of thioether (sulfide) groups is 1. The van der Waals surface area contributed by atoms with E-state index in [4.69, 9.17) is 0 Å². The number of pyridine rings is 1. The van der Waals surface area contributed by atoms with Gasteiger partial charge in [-0.1, -0.05) is 24.8 Å². The molecule has 25 heavy (non-hydrogen) atoms. The first-order valence-electron chi connectivity index (χ1n) is 8.70. The first kappa shape index (κ1) is 17.8. The molecule has 0 bridgehead atoms. The molecule has 1 aliphatic rings. The molecule has 130 valence electrons. The Labute approximate surface area is 153 Å². The molecule has 1 fully saturated rings. The molecule has 4 nitrogen and oxygen atoms in total. The number of amides is 1. The van der Waals surface area contributed by atoms with Gasteiger partial charge in [0.15, 0.2) is 0 Å². The zero-order valence-corrected chi connectivity index (χ0v) is 15.8. The van der Waals surface area contributed by atoms with Crippen LogP contribution in [0, 0.1) is 31.1 Å². The Morgan fingerprint density at radius 2 is 2.20 bits per heavy atom. The minimum absolute atomic E-state index is 0.141. The smallest absolute Gasteiger partial charge is 0.232 e. The molecule has 1 aliphatic heterocycles. The van der Waals surface area contributed by atoms with Crippen molar-refractivity contribution in [2.75, 3.05) is 18.8 Å². The third-order valence-corrected chi connectivity index (χ3v) is 5.69. The van der Waals surface area contributed by atoms with E-state index in [-0.39, 0.29) is 5.91 Å². The third-order valence-electron chi connectivity index (χ3n) is 4.71. The van der Waals surface area contributed by atoms with E-state index in [1.807, 2.05) is 30.9 Å². The first-order chi connectivity index (χ1) is 12.0. The molecule has 0 radical (unpaired) electrons. The predicted octanol–water partition coefficient (Wildman–Crippen LogP) is 4.07. The number of nitriles is 1. The lowest BCUT2D eigenvalue weighted by Crippen LogP contribution is -2.40. The molecular formula is C20H23N3OS. The van der Waals surface area contributed by atoms with Gasteiger partial charge in [-0.25, -0.2) is 4.98 Å². The van der Waals surface area contributed by atoms with Gasteiger partial charge in [-0.2, -0.15) is 5.26 Å². The highest BCUT2D eigenvalue weighted by Gasteiger charge is 2.21. The van der Waals surface area contributed by atoms with E-state index in [1.54, 1.807) is 0 Å². The fraction of sp³-hybridized carbons (Fsp3) is 0.450. The number of aromatic nitrogens is 1. The van der Waals surface area contributed by atoms with Crippen molar-refractivity contribution >= 4 is 28.6 Å². The molecular weight excluding hydrogens is 330 g/mol. The van der Waals surface area contributed by atoms with Gasteiger partial charge in [0.25, 0.3) is 0 Å². The number of fused-ring (bicyclic) bond motifs is 1. The highest BCUT2D eigenvalue weighted by atomic mass is 32.2. The van der Waals surface area contributed by atoms with Crippen LogP contribution in [-0.2, 0) is 4.79 Å². The molecule has 0 saturated carbocycles. The summed E-state index contributed by atoms with van der Waals surface area (Å²) in [7, 11) is 0. The number of aryl methyl sites for hydroxylation is 2. The van der Waals surface area contributed by atoms with Crippen LogP contribution in [-0.4, -0.2) is 34.6 Å². The second-order valence-electron chi connectivity index (χ2n) is 6.98. The van der Waals surface area contributed by atoms with Crippen LogP contribution in [0.2, 0.25) is 0 Å². The van der Waals surface area contributed by atoms with Gasteiger partial charge in [0.2, 0.25) is 5.91 Å². The van der Waals surface area contributed by atoms with Gasteiger partial charge in [0.1, 0.15) is 11.1 Å². The highest BCUT2D eigenvalue weighted by molar-refractivity contribution is 8.00. The molecule has 1 saturated heterocycles. The molecule has 0 aliphatic carbocycles. The summed E-state index contributed by atoms with van der Waals surface area (Å²) in [6.45, 7) is 7.95. The van der Waals surface area contributed by atoms with Gasteiger partial charge >= 0.3 is 0 Å². The lowest BCUT2D eigenvalue weighted by Gasteiger charge is -2.30. The van der Waals surface area contributed by atoms with E-state index in [0.717, 1.165) is 41.5 Å². The number of carbonyl (C=O) groups is 1. The van der Waals surface area contributed by atoms with Gasteiger partial charge in [-0.05, 0) is 55.9 Å². The van der Waals surface area contributed by atoms with Crippen molar-refractivity contribution in [2.24, 2.45) is 5.92 Å². The Morgan fingerprint density at radius 3 is 2.92 bits per heavy atom. The Bertz CT molecular complexity index is 856. The zero-order chi connectivity index (χ0) is 18.0.